The maximum Gasteiger partial charge on any atom is 0.225 e. The van der Waals surface area contributed by atoms with Crippen LogP contribution >= 0.6 is 0 Å². The van der Waals surface area contributed by atoms with Crippen LogP contribution < -0.4 is 11.1 Å². The molecule has 4 heteroatoms. The van der Waals surface area contributed by atoms with Crippen LogP contribution in [0.4, 0.5) is 0 Å². The molecule has 0 aliphatic carbocycles. The lowest BCUT2D eigenvalue weighted by atomic mass is 9.97. The summed E-state index contributed by atoms with van der Waals surface area (Å²) < 4.78 is 5.09. The summed E-state index contributed by atoms with van der Waals surface area (Å²) in [5.74, 6) is -0.230. The van der Waals surface area contributed by atoms with E-state index in [1.807, 2.05) is 44.2 Å². The molecule has 0 saturated carbocycles. The van der Waals surface area contributed by atoms with Gasteiger partial charge in [0.1, 0.15) is 0 Å². The van der Waals surface area contributed by atoms with Crippen molar-refractivity contribution in [1.29, 1.82) is 0 Å². The number of nitrogens with two attached hydrogens (primary N) is 1. The smallest absolute Gasteiger partial charge is 0.225 e. The van der Waals surface area contributed by atoms with Crippen molar-refractivity contribution in [3.8, 4) is 0 Å². The van der Waals surface area contributed by atoms with Crippen molar-refractivity contribution >= 4 is 5.91 Å². The third-order valence-electron chi connectivity index (χ3n) is 2.95. The van der Waals surface area contributed by atoms with Crippen LogP contribution in [0.2, 0.25) is 0 Å². The molecule has 0 bridgehead atoms. The minimum absolute atomic E-state index is 0.0200. The molecule has 0 aliphatic heterocycles. The molecule has 3 N–H and O–H groups in total. The Labute approximate surface area is 115 Å². The van der Waals surface area contributed by atoms with E-state index in [0.29, 0.717) is 19.6 Å². The van der Waals surface area contributed by atoms with Crippen molar-refractivity contribution in [3.05, 3.63) is 35.9 Å². The summed E-state index contributed by atoms with van der Waals surface area (Å²) >= 11 is 0. The third-order valence-corrected chi connectivity index (χ3v) is 2.95. The number of hydrogen-bond acceptors (Lipinski definition) is 3. The summed E-state index contributed by atoms with van der Waals surface area (Å²) in [5.41, 5.74) is 6.47. The largest absolute Gasteiger partial charge is 0.382 e. The quantitative estimate of drug-likeness (QED) is 0.781. The van der Waals surface area contributed by atoms with E-state index in [1.165, 1.54) is 0 Å². The second-order valence-electron chi connectivity index (χ2n) is 5.43. The Morgan fingerprint density at radius 2 is 2.00 bits per heavy atom. The highest BCUT2D eigenvalue weighted by Gasteiger charge is 2.25. The summed E-state index contributed by atoms with van der Waals surface area (Å²) in [6, 6.07) is 9.92. The number of rotatable bonds is 7. The topological polar surface area (TPSA) is 64.3 Å². The fourth-order valence-electron chi connectivity index (χ4n) is 2.01. The summed E-state index contributed by atoms with van der Waals surface area (Å²) in [5, 5.41) is 2.98. The average molecular weight is 264 g/mol. The molecule has 0 spiro atoms. The maximum absolute atomic E-state index is 12.2. The molecule has 1 rings (SSSR count). The zero-order chi connectivity index (χ0) is 14.3. The number of nitrogens with one attached hydrogen (secondary N) is 1. The van der Waals surface area contributed by atoms with Gasteiger partial charge in [-0.25, -0.2) is 0 Å². The van der Waals surface area contributed by atoms with Crippen LogP contribution in [-0.4, -0.2) is 31.7 Å². The first-order valence-corrected chi connectivity index (χ1v) is 6.53. The first kappa shape index (κ1) is 15.7. The van der Waals surface area contributed by atoms with Crippen LogP contribution in [0.1, 0.15) is 19.4 Å². The van der Waals surface area contributed by atoms with Gasteiger partial charge in [-0.15, -0.1) is 0 Å². The van der Waals surface area contributed by atoms with E-state index in [2.05, 4.69) is 5.32 Å². The van der Waals surface area contributed by atoms with Crippen LogP contribution in [0.5, 0.6) is 0 Å². The molecule has 0 saturated heterocycles. The lowest BCUT2D eigenvalue weighted by Crippen LogP contribution is -2.50. The van der Waals surface area contributed by atoms with Crippen molar-refractivity contribution in [2.45, 2.75) is 25.8 Å². The lowest BCUT2D eigenvalue weighted by molar-refractivity contribution is -0.126. The predicted molar refractivity (Wildman–Crippen MR) is 76.8 cm³/mol. The van der Waals surface area contributed by atoms with Crippen molar-refractivity contribution < 1.29 is 9.53 Å². The molecule has 4 nitrogen and oxygen atoms in total. The Balaban J connectivity index is 2.62. The van der Waals surface area contributed by atoms with E-state index >= 15 is 0 Å². The number of carbonyl (C=O) groups is 1. The number of carbonyl (C=O) groups excluding carboxylic acids is 1. The predicted octanol–water partition coefficient (Wildman–Crippen LogP) is 1.35. The minimum atomic E-state index is -0.379. The van der Waals surface area contributed by atoms with Crippen LogP contribution in [0.3, 0.4) is 0 Å². The van der Waals surface area contributed by atoms with Gasteiger partial charge in [0, 0.05) is 13.7 Å². The van der Waals surface area contributed by atoms with Crippen molar-refractivity contribution in [2.75, 3.05) is 20.3 Å². The number of hydrogen-bond donors (Lipinski definition) is 2. The number of ether oxygens (including phenoxy) is 1. The van der Waals surface area contributed by atoms with Crippen LogP contribution in [-0.2, 0) is 16.0 Å². The van der Waals surface area contributed by atoms with Gasteiger partial charge >= 0.3 is 0 Å². The van der Waals surface area contributed by atoms with E-state index < -0.39 is 0 Å². The van der Waals surface area contributed by atoms with Crippen molar-refractivity contribution in [1.82, 2.24) is 5.32 Å². The summed E-state index contributed by atoms with van der Waals surface area (Å²) in [6.07, 6.45) is 0.659. The molecule has 0 aliphatic rings. The van der Waals surface area contributed by atoms with Gasteiger partial charge in [-0.05, 0) is 25.8 Å². The standard InChI is InChI=1S/C15H24N2O2/c1-15(2,11-19-3)17-14(18)13(10-16)9-12-7-5-4-6-8-12/h4-8,13H,9-11,16H2,1-3H3,(H,17,18). The maximum atomic E-state index is 12.2. The molecule has 0 aromatic heterocycles. The molecule has 106 valence electrons. The number of benzene rings is 1. The molecule has 1 atom stereocenters. The first-order valence-electron chi connectivity index (χ1n) is 6.53. The molecule has 1 aromatic rings. The fraction of sp³-hybridized carbons (Fsp3) is 0.533. The van der Waals surface area contributed by atoms with Gasteiger partial charge in [-0.2, -0.15) is 0 Å². The zero-order valence-electron chi connectivity index (χ0n) is 12.0. The lowest BCUT2D eigenvalue weighted by Gasteiger charge is -2.27. The van der Waals surface area contributed by atoms with E-state index in [-0.39, 0.29) is 17.4 Å². The third kappa shape index (κ3) is 5.41. The summed E-state index contributed by atoms with van der Waals surface area (Å²) in [6.45, 7) is 4.68. The molecule has 1 unspecified atom stereocenters. The van der Waals surface area contributed by atoms with E-state index in [4.69, 9.17) is 10.5 Å². The number of methoxy groups -OCH3 is 1. The fourth-order valence-corrected chi connectivity index (χ4v) is 2.01. The Morgan fingerprint density at radius 3 is 2.53 bits per heavy atom. The second-order valence-corrected chi connectivity index (χ2v) is 5.43. The van der Waals surface area contributed by atoms with E-state index in [9.17, 15) is 4.79 Å². The second kappa shape index (κ2) is 7.26. The van der Waals surface area contributed by atoms with Crippen LogP contribution in [0.15, 0.2) is 30.3 Å². The van der Waals surface area contributed by atoms with Gasteiger partial charge in [-0.3, -0.25) is 4.79 Å². The first-order chi connectivity index (χ1) is 8.98. The van der Waals surface area contributed by atoms with E-state index in [1.54, 1.807) is 7.11 Å². The zero-order valence-corrected chi connectivity index (χ0v) is 12.0. The van der Waals surface area contributed by atoms with Crippen molar-refractivity contribution in [3.63, 3.8) is 0 Å². The van der Waals surface area contributed by atoms with Crippen molar-refractivity contribution in [2.24, 2.45) is 11.7 Å². The normalized spacial score (nSPS) is 13.1. The van der Waals surface area contributed by atoms with Gasteiger partial charge < -0.3 is 15.8 Å². The van der Waals surface area contributed by atoms with Gasteiger partial charge in [0.05, 0.1) is 18.1 Å². The average Bonchev–Trinajstić information content (AvgIpc) is 2.36. The highest BCUT2D eigenvalue weighted by Crippen LogP contribution is 2.10. The van der Waals surface area contributed by atoms with Crippen LogP contribution in [0.25, 0.3) is 0 Å². The van der Waals surface area contributed by atoms with Gasteiger partial charge in [0.15, 0.2) is 0 Å². The number of amides is 1. The molecule has 0 heterocycles. The van der Waals surface area contributed by atoms with Crippen LogP contribution in [0, 0.1) is 5.92 Å². The Bertz CT molecular complexity index is 390. The molecule has 0 fully saturated rings. The monoisotopic (exact) mass is 264 g/mol. The molecule has 1 aromatic carbocycles. The Morgan fingerprint density at radius 1 is 1.37 bits per heavy atom. The minimum Gasteiger partial charge on any atom is -0.382 e. The molecule has 1 amide bonds. The Kier molecular flexibility index (Phi) is 5.99. The highest BCUT2D eigenvalue weighted by molar-refractivity contribution is 5.80. The van der Waals surface area contributed by atoms with Gasteiger partial charge in [0.2, 0.25) is 5.91 Å². The van der Waals surface area contributed by atoms with Gasteiger partial charge in [0.25, 0.3) is 0 Å². The molecular formula is C15H24N2O2. The molecular weight excluding hydrogens is 240 g/mol. The highest BCUT2D eigenvalue weighted by atomic mass is 16.5. The van der Waals surface area contributed by atoms with Gasteiger partial charge in [-0.1, -0.05) is 30.3 Å². The summed E-state index contributed by atoms with van der Waals surface area (Å²) in [7, 11) is 1.62. The molecule has 19 heavy (non-hydrogen) atoms. The Hall–Kier alpha value is -1.39. The molecule has 0 radical (unpaired) electrons. The van der Waals surface area contributed by atoms with E-state index in [0.717, 1.165) is 5.56 Å². The summed E-state index contributed by atoms with van der Waals surface area (Å²) in [4.78, 5) is 12.2. The SMILES string of the molecule is COCC(C)(C)NC(=O)C(CN)Cc1ccccc1.